The van der Waals surface area contributed by atoms with E-state index in [0.717, 1.165) is 5.56 Å². The van der Waals surface area contributed by atoms with E-state index in [9.17, 15) is 4.79 Å². The average Bonchev–Trinajstić information content (AvgIpc) is 2.48. The number of rotatable bonds is 4. The lowest BCUT2D eigenvalue weighted by Crippen LogP contribution is -2.35. The molecule has 0 bridgehead atoms. The Bertz CT molecular complexity index is 506. The Morgan fingerprint density at radius 1 is 1.35 bits per heavy atom. The van der Waals surface area contributed by atoms with Crippen LogP contribution in [0.2, 0.25) is 0 Å². The standard InChI is InChI=1S/C16H20O4/c1-4-19-15(17)13-10-11-16(2,18-3)20-14(13)12-8-6-5-7-9-12/h5-9H,4,10-11H2,1-3H3. The fraction of sp³-hybridized carbons (Fsp3) is 0.438. The van der Waals surface area contributed by atoms with Gasteiger partial charge in [0, 0.05) is 26.0 Å². The minimum absolute atomic E-state index is 0.315. The van der Waals surface area contributed by atoms with Gasteiger partial charge >= 0.3 is 5.97 Å². The summed E-state index contributed by atoms with van der Waals surface area (Å²) in [5.41, 5.74) is 1.44. The van der Waals surface area contributed by atoms with E-state index in [1.807, 2.05) is 37.3 Å². The lowest BCUT2D eigenvalue weighted by Gasteiger charge is -2.35. The van der Waals surface area contributed by atoms with Gasteiger partial charge in [0.05, 0.1) is 12.2 Å². The van der Waals surface area contributed by atoms with Crippen LogP contribution in [0.4, 0.5) is 0 Å². The van der Waals surface area contributed by atoms with Crippen molar-refractivity contribution in [3.05, 3.63) is 41.5 Å². The maximum atomic E-state index is 12.1. The van der Waals surface area contributed by atoms with Gasteiger partial charge in [-0.3, -0.25) is 0 Å². The summed E-state index contributed by atoms with van der Waals surface area (Å²) in [6.45, 7) is 4.02. The highest BCUT2D eigenvalue weighted by Gasteiger charge is 2.36. The zero-order valence-electron chi connectivity index (χ0n) is 12.1. The SMILES string of the molecule is CCOC(=O)C1=C(c2ccccc2)OC(C)(OC)CC1. The summed E-state index contributed by atoms with van der Waals surface area (Å²) >= 11 is 0. The first kappa shape index (κ1) is 14.6. The lowest BCUT2D eigenvalue weighted by molar-refractivity contribution is -0.178. The second-order valence-electron chi connectivity index (χ2n) is 4.83. The molecule has 1 atom stereocenters. The fourth-order valence-corrected chi connectivity index (χ4v) is 2.17. The first-order valence-corrected chi connectivity index (χ1v) is 6.79. The normalized spacial score (nSPS) is 22.4. The molecule has 0 N–H and O–H groups in total. The topological polar surface area (TPSA) is 44.8 Å². The number of hydrogen-bond acceptors (Lipinski definition) is 4. The first-order valence-electron chi connectivity index (χ1n) is 6.79. The third kappa shape index (κ3) is 3.02. The summed E-state index contributed by atoms with van der Waals surface area (Å²) in [6.07, 6.45) is 1.20. The van der Waals surface area contributed by atoms with Gasteiger partial charge in [0.2, 0.25) is 5.79 Å². The third-order valence-corrected chi connectivity index (χ3v) is 3.41. The van der Waals surface area contributed by atoms with Crippen LogP contribution in [-0.2, 0) is 19.0 Å². The van der Waals surface area contributed by atoms with Crippen LogP contribution in [0.3, 0.4) is 0 Å². The number of ether oxygens (including phenoxy) is 3. The molecule has 0 radical (unpaired) electrons. The van der Waals surface area contributed by atoms with Crippen LogP contribution in [0.15, 0.2) is 35.9 Å². The van der Waals surface area contributed by atoms with Gasteiger partial charge in [-0.15, -0.1) is 0 Å². The van der Waals surface area contributed by atoms with E-state index in [1.165, 1.54) is 0 Å². The van der Waals surface area contributed by atoms with Crippen LogP contribution in [0.25, 0.3) is 5.76 Å². The second kappa shape index (κ2) is 6.09. The smallest absolute Gasteiger partial charge is 0.337 e. The molecule has 1 aliphatic rings. The zero-order valence-corrected chi connectivity index (χ0v) is 12.1. The summed E-state index contributed by atoms with van der Waals surface area (Å²) in [6, 6.07) is 9.57. The van der Waals surface area contributed by atoms with Crippen molar-refractivity contribution in [2.45, 2.75) is 32.5 Å². The number of benzene rings is 1. The van der Waals surface area contributed by atoms with Gasteiger partial charge in [-0.25, -0.2) is 4.79 Å². The van der Waals surface area contributed by atoms with Crippen LogP contribution in [-0.4, -0.2) is 25.5 Å². The number of carbonyl (C=O) groups excluding carboxylic acids is 1. The van der Waals surface area contributed by atoms with Crippen LogP contribution in [0, 0.1) is 0 Å². The monoisotopic (exact) mass is 276 g/mol. The van der Waals surface area contributed by atoms with Crippen LogP contribution >= 0.6 is 0 Å². The highest BCUT2D eigenvalue weighted by molar-refractivity contribution is 5.96. The molecule has 4 heteroatoms. The first-order chi connectivity index (χ1) is 9.59. The fourth-order valence-electron chi connectivity index (χ4n) is 2.17. The van der Waals surface area contributed by atoms with Crippen molar-refractivity contribution < 1.29 is 19.0 Å². The molecule has 20 heavy (non-hydrogen) atoms. The molecular formula is C16H20O4. The number of carbonyl (C=O) groups is 1. The third-order valence-electron chi connectivity index (χ3n) is 3.41. The van der Waals surface area contributed by atoms with Gasteiger partial charge in [0.1, 0.15) is 5.76 Å². The Balaban J connectivity index is 2.42. The van der Waals surface area contributed by atoms with Gasteiger partial charge in [-0.05, 0) is 13.3 Å². The molecule has 1 aromatic rings. The predicted octanol–water partition coefficient (Wildman–Crippen LogP) is 3.13. The minimum Gasteiger partial charge on any atom is -0.463 e. The van der Waals surface area contributed by atoms with E-state index in [0.29, 0.717) is 30.8 Å². The average molecular weight is 276 g/mol. The van der Waals surface area contributed by atoms with Crippen LogP contribution in [0.5, 0.6) is 0 Å². The molecule has 0 spiro atoms. The second-order valence-corrected chi connectivity index (χ2v) is 4.83. The summed E-state index contributed by atoms with van der Waals surface area (Å²) in [4.78, 5) is 12.1. The number of esters is 1. The molecule has 1 heterocycles. The molecule has 2 rings (SSSR count). The largest absolute Gasteiger partial charge is 0.463 e. The van der Waals surface area contributed by atoms with E-state index in [-0.39, 0.29) is 5.97 Å². The summed E-state index contributed by atoms with van der Waals surface area (Å²) in [5.74, 6) is -0.467. The van der Waals surface area contributed by atoms with Crippen molar-refractivity contribution in [3.63, 3.8) is 0 Å². The quantitative estimate of drug-likeness (QED) is 0.793. The highest BCUT2D eigenvalue weighted by Crippen LogP contribution is 2.37. The van der Waals surface area contributed by atoms with Gasteiger partial charge in [-0.1, -0.05) is 30.3 Å². The molecular weight excluding hydrogens is 256 g/mol. The van der Waals surface area contributed by atoms with Gasteiger partial charge < -0.3 is 14.2 Å². The maximum Gasteiger partial charge on any atom is 0.337 e. The number of methoxy groups -OCH3 is 1. The Hall–Kier alpha value is -1.81. The summed E-state index contributed by atoms with van der Waals surface area (Å²) in [7, 11) is 1.61. The molecule has 0 aliphatic carbocycles. The van der Waals surface area contributed by atoms with E-state index in [4.69, 9.17) is 14.2 Å². The van der Waals surface area contributed by atoms with E-state index >= 15 is 0 Å². The van der Waals surface area contributed by atoms with E-state index < -0.39 is 5.79 Å². The summed E-state index contributed by atoms with van der Waals surface area (Å²) in [5, 5.41) is 0. The zero-order chi connectivity index (χ0) is 14.6. The van der Waals surface area contributed by atoms with Crippen LogP contribution in [0.1, 0.15) is 32.3 Å². The molecule has 1 aliphatic heterocycles. The predicted molar refractivity (Wildman–Crippen MR) is 75.7 cm³/mol. The van der Waals surface area contributed by atoms with Gasteiger partial charge in [-0.2, -0.15) is 0 Å². The molecule has 0 saturated carbocycles. The Morgan fingerprint density at radius 2 is 2.05 bits per heavy atom. The Labute approximate surface area is 119 Å². The molecule has 1 unspecified atom stereocenters. The Morgan fingerprint density at radius 3 is 2.65 bits per heavy atom. The molecule has 0 saturated heterocycles. The molecule has 0 amide bonds. The van der Waals surface area contributed by atoms with E-state index in [1.54, 1.807) is 14.0 Å². The molecule has 1 aromatic carbocycles. The van der Waals surface area contributed by atoms with Gasteiger partial charge in [0.25, 0.3) is 0 Å². The van der Waals surface area contributed by atoms with Crippen molar-refractivity contribution in [2.75, 3.05) is 13.7 Å². The molecule has 0 aromatic heterocycles. The Kier molecular flexibility index (Phi) is 4.45. The van der Waals surface area contributed by atoms with Crippen molar-refractivity contribution in [1.29, 1.82) is 0 Å². The highest BCUT2D eigenvalue weighted by atomic mass is 16.7. The molecule has 4 nitrogen and oxygen atoms in total. The maximum absolute atomic E-state index is 12.1. The van der Waals surface area contributed by atoms with Crippen molar-refractivity contribution in [3.8, 4) is 0 Å². The van der Waals surface area contributed by atoms with Crippen molar-refractivity contribution >= 4 is 11.7 Å². The summed E-state index contributed by atoms with van der Waals surface area (Å²) < 4.78 is 16.5. The van der Waals surface area contributed by atoms with Gasteiger partial charge in [0.15, 0.2) is 0 Å². The lowest BCUT2D eigenvalue weighted by atomic mass is 9.97. The van der Waals surface area contributed by atoms with Crippen molar-refractivity contribution in [2.24, 2.45) is 0 Å². The number of hydrogen-bond donors (Lipinski definition) is 0. The van der Waals surface area contributed by atoms with E-state index in [2.05, 4.69) is 0 Å². The minimum atomic E-state index is -0.707. The molecule has 108 valence electrons. The van der Waals surface area contributed by atoms with Crippen LogP contribution < -0.4 is 0 Å². The molecule has 0 fully saturated rings. The van der Waals surface area contributed by atoms with Crippen molar-refractivity contribution in [1.82, 2.24) is 0 Å².